The van der Waals surface area contributed by atoms with Gasteiger partial charge in [0.05, 0.1) is 12.8 Å². The van der Waals surface area contributed by atoms with E-state index in [2.05, 4.69) is 10.1 Å². The van der Waals surface area contributed by atoms with Crippen molar-refractivity contribution in [3.8, 4) is 0 Å². The van der Waals surface area contributed by atoms with Crippen LogP contribution in [0.2, 0.25) is 0 Å². The van der Waals surface area contributed by atoms with Crippen LogP contribution in [0.1, 0.15) is 10.4 Å². The van der Waals surface area contributed by atoms with Crippen LogP contribution in [0.25, 0.3) is 0 Å². The first-order chi connectivity index (χ1) is 7.54. The number of methoxy groups -OCH3 is 1. The lowest BCUT2D eigenvalue weighted by Crippen LogP contribution is -2.30. The van der Waals surface area contributed by atoms with E-state index in [1.165, 1.54) is 19.2 Å². The van der Waals surface area contributed by atoms with Crippen molar-refractivity contribution in [2.24, 2.45) is 0 Å². The van der Waals surface area contributed by atoms with E-state index in [1.54, 1.807) is 0 Å². The highest BCUT2D eigenvalue weighted by Crippen LogP contribution is 2.11. The molecule has 0 saturated heterocycles. The number of carbonyl (C=O) groups excluding carboxylic acids is 2. The third-order valence-corrected chi connectivity index (χ3v) is 1.88. The van der Waals surface area contributed by atoms with Crippen LogP contribution in [-0.2, 0) is 9.53 Å². The Morgan fingerprint density at radius 2 is 2.19 bits per heavy atom. The number of halogens is 1. The van der Waals surface area contributed by atoms with Gasteiger partial charge in [-0.05, 0) is 18.2 Å². The third-order valence-electron chi connectivity index (χ3n) is 1.88. The smallest absolute Gasteiger partial charge is 0.325 e. The monoisotopic (exact) mass is 226 g/mol. The molecule has 6 heteroatoms. The number of carbonyl (C=O) groups is 2. The standard InChI is InChI=1S/C10H11FN2O3/c1-16-9(14)5-13-10(15)6-2-3-7(11)8(12)4-6/h2-4H,5,12H2,1H3,(H,13,15). The van der Waals surface area contributed by atoms with Crippen LogP contribution in [0.15, 0.2) is 18.2 Å². The van der Waals surface area contributed by atoms with Gasteiger partial charge in [-0.3, -0.25) is 9.59 Å². The molecular weight excluding hydrogens is 215 g/mol. The summed E-state index contributed by atoms with van der Waals surface area (Å²) in [5.41, 5.74) is 5.36. The van der Waals surface area contributed by atoms with E-state index in [-0.39, 0.29) is 17.8 Å². The molecule has 16 heavy (non-hydrogen) atoms. The molecule has 1 aromatic carbocycles. The summed E-state index contributed by atoms with van der Waals surface area (Å²) in [7, 11) is 1.21. The largest absolute Gasteiger partial charge is 0.468 e. The Morgan fingerprint density at radius 3 is 2.75 bits per heavy atom. The Kier molecular flexibility index (Phi) is 3.82. The zero-order chi connectivity index (χ0) is 12.1. The lowest BCUT2D eigenvalue weighted by atomic mass is 10.2. The molecule has 1 aromatic rings. The fraction of sp³-hybridized carbons (Fsp3) is 0.200. The number of nitrogen functional groups attached to an aromatic ring is 1. The molecule has 0 radical (unpaired) electrons. The van der Waals surface area contributed by atoms with Crippen molar-refractivity contribution in [1.29, 1.82) is 0 Å². The Labute approximate surface area is 91.4 Å². The van der Waals surface area contributed by atoms with Crippen LogP contribution >= 0.6 is 0 Å². The van der Waals surface area contributed by atoms with Gasteiger partial charge >= 0.3 is 5.97 Å². The van der Waals surface area contributed by atoms with Crippen LogP contribution in [0.3, 0.4) is 0 Å². The van der Waals surface area contributed by atoms with Gasteiger partial charge in [0.1, 0.15) is 12.4 Å². The zero-order valence-electron chi connectivity index (χ0n) is 8.62. The number of ether oxygens (including phenoxy) is 1. The summed E-state index contributed by atoms with van der Waals surface area (Å²) in [6, 6.07) is 3.56. The van der Waals surface area contributed by atoms with E-state index < -0.39 is 17.7 Å². The Balaban J connectivity index is 2.66. The minimum atomic E-state index is -0.593. The van der Waals surface area contributed by atoms with E-state index in [0.717, 1.165) is 6.07 Å². The predicted molar refractivity (Wildman–Crippen MR) is 55.2 cm³/mol. The maximum absolute atomic E-state index is 12.8. The lowest BCUT2D eigenvalue weighted by Gasteiger charge is -2.04. The second kappa shape index (κ2) is 5.11. The predicted octanol–water partition coefficient (Wildman–Crippen LogP) is 0.311. The summed E-state index contributed by atoms with van der Waals surface area (Å²) >= 11 is 0. The first kappa shape index (κ1) is 12.0. The maximum atomic E-state index is 12.8. The lowest BCUT2D eigenvalue weighted by molar-refractivity contribution is -0.139. The number of benzene rings is 1. The van der Waals surface area contributed by atoms with Crippen LogP contribution in [0.5, 0.6) is 0 Å². The number of hydrogen-bond donors (Lipinski definition) is 2. The molecule has 0 spiro atoms. The molecule has 0 heterocycles. The molecule has 0 atom stereocenters. The molecule has 0 saturated carbocycles. The molecule has 0 unspecified atom stereocenters. The maximum Gasteiger partial charge on any atom is 0.325 e. The van der Waals surface area contributed by atoms with E-state index >= 15 is 0 Å². The summed E-state index contributed by atoms with van der Waals surface area (Å²) in [4.78, 5) is 22.2. The highest BCUT2D eigenvalue weighted by molar-refractivity contribution is 5.96. The van der Waals surface area contributed by atoms with Crippen molar-refractivity contribution in [2.75, 3.05) is 19.4 Å². The van der Waals surface area contributed by atoms with Gasteiger partial charge in [0.25, 0.3) is 5.91 Å². The fourth-order valence-corrected chi connectivity index (χ4v) is 1.01. The summed E-state index contributed by atoms with van der Waals surface area (Å²) in [6.07, 6.45) is 0. The highest BCUT2D eigenvalue weighted by Gasteiger charge is 2.09. The van der Waals surface area contributed by atoms with Gasteiger partial charge in [-0.2, -0.15) is 0 Å². The molecule has 0 bridgehead atoms. The number of rotatable bonds is 3. The van der Waals surface area contributed by atoms with Crippen molar-refractivity contribution in [2.45, 2.75) is 0 Å². The van der Waals surface area contributed by atoms with E-state index in [1.807, 2.05) is 0 Å². The number of nitrogens with two attached hydrogens (primary N) is 1. The first-order valence-electron chi connectivity index (χ1n) is 4.44. The van der Waals surface area contributed by atoms with Gasteiger partial charge in [-0.1, -0.05) is 0 Å². The van der Waals surface area contributed by atoms with Gasteiger partial charge in [0, 0.05) is 5.56 Å². The van der Waals surface area contributed by atoms with E-state index in [0.29, 0.717) is 0 Å². The molecule has 86 valence electrons. The first-order valence-corrected chi connectivity index (χ1v) is 4.44. The second-order valence-corrected chi connectivity index (χ2v) is 3.00. The molecular formula is C10H11FN2O3. The van der Waals surface area contributed by atoms with Gasteiger partial charge in [0.2, 0.25) is 0 Å². The minimum absolute atomic E-state index is 0.120. The summed E-state index contributed by atoms with van der Waals surface area (Å²) < 4.78 is 17.1. The molecule has 0 aliphatic carbocycles. The number of nitrogens with one attached hydrogen (secondary N) is 1. The molecule has 0 aliphatic heterocycles. The Morgan fingerprint density at radius 1 is 1.50 bits per heavy atom. The number of amides is 1. The van der Waals surface area contributed by atoms with E-state index in [9.17, 15) is 14.0 Å². The number of hydrogen-bond acceptors (Lipinski definition) is 4. The second-order valence-electron chi connectivity index (χ2n) is 3.00. The summed E-state index contributed by atoms with van der Waals surface area (Å²) in [5.74, 6) is -1.68. The average Bonchev–Trinajstić information content (AvgIpc) is 2.29. The normalized spacial score (nSPS) is 9.62. The summed E-state index contributed by atoms with van der Waals surface area (Å²) in [6.45, 7) is -0.243. The topological polar surface area (TPSA) is 81.4 Å². The summed E-state index contributed by atoms with van der Waals surface area (Å²) in [5, 5.41) is 2.30. The van der Waals surface area contributed by atoms with Gasteiger partial charge in [-0.15, -0.1) is 0 Å². The van der Waals surface area contributed by atoms with E-state index in [4.69, 9.17) is 5.73 Å². The van der Waals surface area contributed by atoms with Gasteiger partial charge < -0.3 is 15.8 Å². The van der Waals surface area contributed by atoms with Crippen molar-refractivity contribution in [1.82, 2.24) is 5.32 Å². The third kappa shape index (κ3) is 2.94. The van der Waals surface area contributed by atoms with Gasteiger partial charge in [0.15, 0.2) is 0 Å². The number of anilines is 1. The van der Waals surface area contributed by atoms with Crippen molar-refractivity contribution in [3.63, 3.8) is 0 Å². The minimum Gasteiger partial charge on any atom is -0.468 e. The fourth-order valence-electron chi connectivity index (χ4n) is 1.01. The molecule has 0 fully saturated rings. The number of esters is 1. The van der Waals surface area contributed by atoms with Crippen molar-refractivity contribution >= 4 is 17.6 Å². The highest BCUT2D eigenvalue weighted by atomic mass is 19.1. The van der Waals surface area contributed by atoms with Crippen molar-refractivity contribution < 1.29 is 18.7 Å². The zero-order valence-corrected chi connectivity index (χ0v) is 8.62. The van der Waals surface area contributed by atoms with Crippen LogP contribution in [0, 0.1) is 5.82 Å². The Bertz CT molecular complexity index is 421. The molecule has 3 N–H and O–H groups in total. The molecule has 1 rings (SSSR count). The molecule has 0 aliphatic rings. The molecule has 5 nitrogen and oxygen atoms in total. The van der Waals surface area contributed by atoms with Crippen molar-refractivity contribution in [3.05, 3.63) is 29.6 Å². The Hall–Kier alpha value is -2.11. The van der Waals surface area contributed by atoms with Crippen LogP contribution in [-0.4, -0.2) is 25.5 Å². The quantitative estimate of drug-likeness (QED) is 0.574. The average molecular weight is 226 g/mol. The van der Waals surface area contributed by atoms with Crippen LogP contribution < -0.4 is 11.1 Å². The molecule has 0 aromatic heterocycles. The molecule has 1 amide bonds. The van der Waals surface area contributed by atoms with Crippen LogP contribution in [0.4, 0.5) is 10.1 Å². The van der Waals surface area contributed by atoms with Gasteiger partial charge in [-0.25, -0.2) is 4.39 Å². The SMILES string of the molecule is COC(=O)CNC(=O)c1ccc(F)c(N)c1.